The lowest BCUT2D eigenvalue weighted by Crippen LogP contribution is -2.26. The third kappa shape index (κ3) is 10.00. The van der Waals surface area contributed by atoms with Crippen LogP contribution in [0.4, 0.5) is 0 Å². The molecule has 0 radical (unpaired) electrons. The summed E-state index contributed by atoms with van der Waals surface area (Å²) in [6.07, 6.45) is 2.98. The van der Waals surface area contributed by atoms with E-state index in [1.54, 1.807) is 27.7 Å². The quantitative estimate of drug-likeness (QED) is 0.253. The molecule has 0 fully saturated rings. The molecule has 8 nitrogen and oxygen atoms in total. The van der Waals surface area contributed by atoms with E-state index in [2.05, 4.69) is 4.90 Å². The van der Waals surface area contributed by atoms with Crippen LogP contribution in [-0.4, -0.2) is 68.6 Å². The van der Waals surface area contributed by atoms with Crippen LogP contribution in [0.3, 0.4) is 0 Å². The van der Waals surface area contributed by atoms with Crippen LogP contribution in [0.15, 0.2) is 0 Å². The number of hydrogen-bond donors (Lipinski definition) is 1. The van der Waals surface area contributed by atoms with Gasteiger partial charge in [-0.15, -0.1) is 0 Å². The fourth-order valence-corrected chi connectivity index (χ4v) is 8.07. The van der Waals surface area contributed by atoms with Gasteiger partial charge in [0.2, 0.25) is 0 Å². The van der Waals surface area contributed by atoms with Crippen molar-refractivity contribution in [1.29, 1.82) is 0 Å². The Morgan fingerprint density at radius 1 is 0.778 bits per heavy atom. The Morgan fingerprint density at radius 3 is 1.59 bits per heavy atom. The number of rotatable bonds is 18. The van der Waals surface area contributed by atoms with Crippen molar-refractivity contribution in [1.82, 2.24) is 4.90 Å². The summed E-state index contributed by atoms with van der Waals surface area (Å²) in [4.78, 5) is 2.08. The molecule has 0 aliphatic carbocycles. The van der Waals surface area contributed by atoms with Gasteiger partial charge < -0.3 is 28.1 Å². The monoisotopic (exact) mass is 431 g/mol. The second kappa shape index (κ2) is 15.1. The SMILES string of the molecule is CCOP(=O)(OCC)C(CCN(C)CCCCCO)P(=O)(OCC)OCC. The van der Waals surface area contributed by atoms with E-state index in [1.165, 1.54) is 0 Å². The largest absolute Gasteiger partial charge is 0.396 e. The van der Waals surface area contributed by atoms with Crippen molar-refractivity contribution in [3.63, 3.8) is 0 Å². The van der Waals surface area contributed by atoms with Gasteiger partial charge in [0.1, 0.15) is 0 Å². The molecule has 0 unspecified atom stereocenters. The van der Waals surface area contributed by atoms with Gasteiger partial charge in [-0.1, -0.05) is 0 Å². The van der Waals surface area contributed by atoms with Gasteiger partial charge in [-0.2, -0.15) is 0 Å². The first-order valence-electron chi connectivity index (χ1n) is 9.90. The van der Waals surface area contributed by atoms with E-state index in [9.17, 15) is 9.13 Å². The second-order valence-electron chi connectivity index (χ2n) is 6.11. The Labute approximate surface area is 165 Å². The topological polar surface area (TPSA) is 94.5 Å². The molecule has 0 aliphatic rings. The Bertz CT molecular complexity index is 415. The van der Waals surface area contributed by atoms with Gasteiger partial charge in [0.15, 0.2) is 5.40 Å². The van der Waals surface area contributed by atoms with E-state index in [4.69, 9.17) is 23.2 Å². The van der Waals surface area contributed by atoms with Gasteiger partial charge >= 0.3 is 15.2 Å². The predicted octanol–water partition coefficient (Wildman–Crippen LogP) is 4.33. The van der Waals surface area contributed by atoms with E-state index >= 15 is 0 Å². The van der Waals surface area contributed by atoms with Crippen LogP contribution in [-0.2, 0) is 27.2 Å². The lowest BCUT2D eigenvalue weighted by molar-refractivity contribution is 0.190. The minimum absolute atomic E-state index is 0.184. The van der Waals surface area contributed by atoms with Crippen molar-refractivity contribution >= 4 is 15.2 Å². The number of unbranched alkanes of at least 4 members (excludes halogenated alkanes) is 2. The average Bonchev–Trinajstić information content (AvgIpc) is 2.59. The predicted molar refractivity (Wildman–Crippen MR) is 109 cm³/mol. The van der Waals surface area contributed by atoms with Gasteiger partial charge in [-0.3, -0.25) is 9.13 Å². The van der Waals surface area contributed by atoms with Gasteiger partial charge in [0.05, 0.1) is 26.4 Å². The van der Waals surface area contributed by atoms with E-state index in [1.807, 2.05) is 7.05 Å². The Hall–Kier alpha value is 0.220. The van der Waals surface area contributed by atoms with Crippen LogP contribution in [0.1, 0.15) is 53.4 Å². The summed E-state index contributed by atoms with van der Waals surface area (Å²) in [5.74, 6) is 0. The maximum atomic E-state index is 13.4. The first-order chi connectivity index (χ1) is 12.8. The zero-order valence-corrected chi connectivity index (χ0v) is 19.4. The molecule has 1 N–H and O–H groups in total. The molecule has 0 spiro atoms. The van der Waals surface area contributed by atoms with Crippen molar-refractivity contribution in [2.45, 2.75) is 58.8 Å². The molecular weight excluding hydrogens is 392 g/mol. The smallest absolute Gasteiger partial charge is 0.345 e. The first kappa shape index (κ1) is 27.2. The molecule has 0 aliphatic heterocycles. The Balaban J connectivity index is 5.33. The molecule has 0 bridgehead atoms. The minimum atomic E-state index is -3.68. The Morgan fingerprint density at radius 2 is 1.22 bits per heavy atom. The molecule has 0 aromatic rings. The fraction of sp³-hybridized carbons (Fsp3) is 1.00. The van der Waals surface area contributed by atoms with Gasteiger partial charge in [0.25, 0.3) is 0 Å². The fourth-order valence-electron chi connectivity index (χ4n) is 2.75. The molecule has 164 valence electrons. The molecule has 0 amide bonds. The summed E-state index contributed by atoms with van der Waals surface area (Å²) in [5.41, 5.74) is 0. The van der Waals surface area contributed by atoms with Crippen molar-refractivity contribution in [3.05, 3.63) is 0 Å². The molecule has 10 heteroatoms. The van der Waals surface area contributed by atoms with Crippen LogP contribution in [0.5, 0.6) is 0 Å². The van der Waals surface area contributed by atoms with Crippen LogP contribution in [0.25, 0.3) is 0 Å². The average molecular weight is 431 g/mol. The maximum Gasteiger partial charge on any atom is 0.345 e. The zero-order chi connectivity index (χ0) is 20.8. The second-order valence-corrected chi connectivity index (χ2v) is 11.0. The van der Waals surface area contributed by atoms with Crippen LogP contribution in [0, 0.1) is 0 Å². The summed E-state index contributed by atoms with van der Waals surface area (Å²) in [7, 11) is -5.40. The highest BCUT2D eigenvalue weighted by atomic mass is 31.2. The molecular formula is C17H39NO7P2. The lowest BCUT2D eigenvalue weighted by Gasteiger charge is -2.32. The normalized spacial score (nSPS) is 13.0. The summed E-state index contributed by atoms with van der Waals surface area (Å²) < 4.78 is 48.7. The summed E-state index contributed by atoms with van der Waals surface area (Å²) in [6.45, 7) is 9.21. The van der Waals surface area contributed by atoms with Gasteiger partial charge in [-0.05, 0) is 73.5 Å². The molecule has 0 atom stereocenters. The summed E-state index contributed by atoms with van der Waals surface area (Å²) in [5, 5.41) is 7.89. The summed E-state index contributed by atoms with van der Waals surface area (Å²) >= 11 is 0. The molecule has 0 aromatic heterocycles. The highest BCUT2D eigenvalue weighted by molar-refractivity contribution is 7.72. The molecule has 27 heavy (non-hydrogen) atoms. The van der Waals surface area contributed by atoms with E-state index in [0.29, 0.717) is 13.0 Å². The van der Waals surface area contributed by atoms with Gasteiger partial charge in [-0.25, -0.2) is 0 Å². The molecule has 0 rings (SSSR count). The molecule has 0 heterocycles. The van der Waals surface area contributed by atoms with Crippen LogP contribution >= 0.6 is 15.2 Å². The van der Waals surface area contributed by atoms with Crippen molar-refractivity contribution in [2.24, 2.45) is 0 Å². The summed E-state index contributed by atoms with van der Waals surface area (Å²) in [6, 6.07) is 0. The van der Waals surface area contributed by atoms with Gasteiger partial charge in [0, 0.05) is 6.61 Å². The maximum absolute atomic E-state index is 13.4. The Kier molecular flexibility index (Phi) is 15.2. The number of nitrogens with zero attached hydrogens (tertiary/aromatic N) is 1. The van der Waals surface area contributed by atoms with Crippen molar-refractivity contribution in [3.8, 4) is 0 Å². The number of aliphatic hydroxyl groups excluding tert-OH is 1. The lowest BCUT2D eigenvalue weighted by atomic mass is 10.2. The van der Waals surface area contributed by atoms with Crippen LogP contribution < -0.4 is 0 Å². The zero-order valence-electron chi connectivity index (χ0n) is 17.6. The van der Waals surface area contributed by atoms with E-state index in [0.717, 1.165) is 25.8 Å². The third-order valence-corrected chi connectivity index (χ3v) is 10.1. The highest BCUT2D eigenvalue weighted by Crippen LogP contribution is 2.71. The number of hydrogen-bond acceptors (Lipinski definition) is 8. The van der Waals surface area contributed by atoms with Crippen LogP contribution in [0.2, 0.25) is 0 Å². The van der Waals surface area contributed by atoms with Crippen molar-refractivity contribution < 1.29 is 32.3 Å². The minimum Gasteiger partial charge on any atom is -0.396 e. The van der Waals surface area contributed by atoms with E-state index in [-0.39, 0.29) is 33.0 Å². The first-order valence-corrected chi connectivity index (χ1v) is 13.1. The van der Waals surface area contributed by atoms with E-state index < -0.39 is 20.6 Å². The van der Waals surface area contributed by atoms with Crippen molar-refractivity contribution in [2.75, 3.05) is 53.2 Å². The standard InChI is InChI=1S/C17H39NO7P2/c1-6-22-26(20,23-7-2)17(27(21,24-8-3)25-9-4)13-15-18(5)14-11-10-12-16-19/h17,19H,6-16H2,1-5H3. The third-order valence-electron chi connectivity index (χ3n) is 3.93. The molecule has 0 aromatic carbocycles. The molecule has 0 saturated heterocycles. The molecule has 0 saturated carbocycles. The number of aliphatic hydroxyl groups is 1. The highest BCUT2D eigenvalue weighted by Gasteiger charge is 2.50.